The van der Waals surface area contributed by atoms with Gasteiger partial charge < -0.3 is 43.7 Å². The van der Waals surface area contributed by atoms with Gasteiger partial charge in [-0.1, -0.05) is 23.4 Å². The number of hydrogen-bond donors (Lipinski definition) is 2. The second kappa shape index (κ2) is 15.6. The third kappa shape index (κ3) is 8.03. The molecule has 4 aromatic rings. The quantitative estimate of drug-likeness (QED) is 0.313. The average molecular weight is 712 g/mol. The predicted molar refractivity (Wildman–Crippen MR) is 184 cm³/mol. The van der Waals surface area contributed by atoms with Crippen molar-refractivity contribution in [2.75, 3.05) is 46.1 Å². The van der Waals surface area contributed by atoms with Crippen LogP contribution in [0.1, 0.15) is 52.9 Å². The molecule has 15 heteroatoms. The lowest BCUT2D eigenvalue weighted by atomic mass is 9.94. The zero-order chi connectivity index (χ0) is 36.0. The molecule has 15 nitrogen and oxygen atoms in total. The van der Waals surface area contributed by atoms with E-state index < -0.39 is 6.04 Å². The minimum Gasteiger partial charge on any atom is -0.494 e. The lowest BCUT2D eigenvalue weighted by Gasteiger charge is -2.36. The summed E-state index contributed by atoms with van der Waals surface area (Å²) in [6.45, 7) is 3.16. The molecule has 0 radical (unpaired) electrons. The second-order valence-corrected chi connectivity index (χ2v) is 13.0. The number of benzene rings is 2. The van der Waals surface area contributed by atoms with E-state index in [0.717, 1.165) is 16.8 Å². The van der Waals surface area contributed by atoms with Crippen LogP contribution in [-0.2, 0) is 45.0 Å². The van der Waals surface area contributed by atoms with E-state index in [4.69, 9.17) is 23.7 Å². The molecule has 0 aliphatic carbocycles. The van der Waals surface area contributed by atoms with Crippen molar-refractivity contribution in [1.82, 2.24) is 35.1 Å². The molecule has 1 unspecified atom stereocenters. The van der Waals surface area contributed by atoms with Crippen molar-refractivity contribution in [3.8, 4) is 17.2 Å². The molecule has 2 aromatic heterocycles. The highest BCUT2D eigenvalue weighted by molar-refractivity contribution is 5.85. The first-order chi connectivity index (χ1) is 25.3. The molecule has 3 aliphatic rings. The molecule has 1 atom stereocenters. The summed E-state index contributed by atoms with van der Waals surface area (Å²) >= 11 is 0. The van der Waals surface area contributed by atoms with Gasteiger partial charge >= 0.3 is 0 Å². The molecule has 0 spiro atoms. The van der Waals surface area contributed by atoms with Gasteiger partial charge in [0.15, 0.2) is 11.5 Å². The van der Waals surface area contributed by atoms with Gasteiger partial charge in [-0.15, -0.1) is 0 Å². The average Bonchev–Trinajstić information content (AvgIpc) is 3.89. The molecular formula is C37H41N7O8. The van der Waals surface area contributed by atoms with Crippen LogP contribution >= 0.6 is 0 Å². The fourth-order valence-corrected chi connectivity index (χ4v) is 6.75. The van der Waals surface area contributed by atoms with Gasteiger partial charge in [0.2, 0.25) is 30.4 Å². The summed E-state index contributed by atoms with van der Waals surface area (Å²) in [5.74, 6) is 1.46. The first-order valence-electron chi connectivity index (χ1n) is 17.5. The Morgan fingerprint density at radius 2 is 1.77 bits per heavy atom. The van der Waals surface area contributed by atoms with Gasteiger partial charge in [0, 0.05) is 50.8 Å². The number of carbonyl (C=O) groups is 4. The molecule has 272 valence electrons. The lowest BCUT2D eigenvalue weighted by Crippen LogP contribution is -2.45. The predicted octanol–water partition coefficient (Wildman–Crippen LogP) is 2.10. The monoisotopic (exact) mass is 711 g/mol. The number of hydrogen-bond acceptors (Lipinski definition) is 10. The Bertz CT molecular complexity index is 1960. The number of ether oxygens (including phenoxy) is 3. The number of fused-ring (bicyclic) bond motifs is 4. The Kier molecular flexibility index (Phi) is 10.4. The number of imidazole rings is 1. The molecule has 6 bridgehead atoms. The van der Waals surface area contributed by atoms with Crippen LogP contribution in [0.3, 0.4) is 0 Å². The molecule has 0 fully saturated rings. The number of carbonyl (C=O) groups excluding carboxylic acids is 4. The summed E-state index contributed by atoms with van der Waals surface area (Å²) in [6.07, 6.45) is 3.44. The van der Waals surface area contributed by atoms with E-state index in [1.54, 1.807) is 19.3 Å². The third-order valence-corrected chi connectivity index (χ3v) is 9.32. The highest BCUT2D eigenvalue weighted by atomic mass is 16.7. The molecule has 2 aromatic carbocycles. The van der Waals surface area contributed by atoms with E-state index in [1.165, 1.54) is 4.90 Å². The van der Waals surface area contributed by atoms with E-state index in [1.807, 2.05) is 51.9 Å². The second-order valence-electron chi connectivity index (χ2n) is 13.0. The van der Waals surface area contributed by atoms with Crippen LogP contribution < -0.4 is 24.8 Å². The van der Waals surface area contributed by atoms with Crippen molar-refractivity contribution >= 4 is 23.6 Å². The smallest absolute Gasteiger partial charge is 0.240 e. The fraction of sp³-hybridized carbons (Fsp3) is 0.405. The van der Waals surface area contributed by atoms with Gasteiger partial charge in [-0.25, -0.2) is 4.98 Å². The molecule has 3 aliphatic heterocycles. The van der Waals surface area contributed by atoms with Crippen molar-refractivity contribution in [1.29, 1.82) is 0 Å². The Hall–Kier alpha value is -5.86. The summed E-state index contributed by atoms with van der Waals surface area (Å²) < 4.78 is 24.1. The van der Waals surface area contributed by atoms with Crippen LogP contribution in [0, 0.1) is 6.92 Å². The molecule has 0 saturated carbocycles. The number of rotatable bonds is 5. The molecule has 4 amide bonds. The molecule has 52 heavy (non-hydrogen) atoms. The van der Waals surface area contributed by atoms with Gasteiger partial charge in [-0.05, 0) is 55.2 Å². The van der Waals surface area contributed by atoms with Gasteiger partial charge in [-0.2, -0.15) is 0 Å². The highest BCUT2D eigenvalue weighted by Crippen LogP contribution is 2.37. The highest BCUT2D eigenvalue weighted by Gasteiger charge is 2.35. The Labute approximate surface area is 300 Å². The maximum Gasteiger partial charge on any atom is 0.240 e. The minimum atomic E-state index is -0.488. The number of aromatic nitrogens is 3. The van der Waals surface area contributed by atoms with Crippen molar-refractivity contribution in [2.24, 2.45) is 0 Å². The van der Waals surface area contributed by atoms with Crippen molar-refractivity contribution in [2.45, 2.75) is 51.6 Å². The van der Waals surface area contributed by atoms with Crippen LogP contribution in [0.15, 0.2) is 59.4 Å². The van der Waals surface area contributed by atoms with Crippen LogP contribution in [-0.4, -0.2) is 94.3 Å². The van der Waals surface area contributed by atoms with Crippen molar-refractivity contribution in [3.63, 3.8) is 0 Å². The maximum atomic E-state index is 13.9. The van der Waals surface area contributed by atoms with Crippen molar-refractivity contribution in [3.05, 3.63) is 88.8 Å². The summed E-state index contributed by atoms with van der Waals surface area (Å²) in [4.78, 5) is 61.2. The number of aryl methyl sites for hydroxylation is 2. The molecule has 7 rings (SSSR count). The van der Waals surface area contributed by atoms with Gasteiger partial charge in [0.25, 0.3) is 0 Å². The van der Waals surface area contributed by atoms with Crippen LogP contribution in [0.4, 0.5) is 0 Å². The zero-order valence-corrected chi connectivity index (χ0v) is 29.0. The maximum absolute atomic E-state index is 13.9. The summed E-state index contributed by atoms with van der Waals surface area (Å²) in [6, 6.07) is 14.5. The lowest BCUT2D eigenvalue weighted by molar-refractivity contribution is -0.136. The number of nitrogens with zero attached hydrogens (tertiary/aromatic N) is 5. The standard InChI is InChI=1S/C37H41N7O8/c1-24-16-28(52-41-24)19-35(48)42-14-12-39-33(46)21-43-22-40-36-29(43)10-13-44(34(47)9-7-25-6-8-30-31(17-25)51-23-50-30)37(36)26-4-2-5-27(18-26)49-15-3-11-38-32(45)20-42/h2,4-6,8,16-18,22,37H,3,7,9-15,19-21,23H2,1H3,(H,38,45)(H,39,46). The minimum absolute atomic E-state index is 0.00202. The van der Waals surface area contributed by atoms with Gasteiger partial charge in [0.1, 0.15) is 24.1 Å². The SMILES string of the molecule is Cc1cc(CC(=O)N2CCNC(=O)Cn3cnc4c3CCN(C(=O)CCc3ccc5c(c3)OCO5)C4c3cccc(c3)OCCCNC(=O)C2)on1. The van der Waals surface area contributed by atoms with Crippen LogP contribution in [0.2, 0.25) is 0 Å². The summed E-state index contributed by atoms with van der Waals surface area (Å²) in [7, 11) is 0. The molecule has 5 heterocycles. The first-order valence-corrected chi connectivity index (χ1v) is 17.5. The summed E-state index contributed by atoms with van der Waals surface area (Å²) in [5, 5.41) is 9.58. The zero-order valence-electron chi connectivity index (χ0n) is 29.0. The first kappa shape index (κ1) is 34.6. The van der Waals surface area contributed by atoms with Crippen molar-refractivity contribution < 1.29 is 37.9 Å². The molecule has 2 N–H and O–H groups in total. The van der Waals surface area contributed by atoms with E-state index in [0.29, 0.717) is 73.4 Å². The van der Waals surface area contributed by atoms with E-state index in [9.17, 15) is 19.2 Å². The fourth-order valence-electron chi connectivity index (χ4n) is 6.75. The third-order valence-electron chi connectivity index (χ3n) is 9.32. The Balaban J connectivity index is 1.10. The van der Waals surface area contributed by atoms with Crippen LogP contribution in [0.5, 0.6) is 17.2 Å². The van der Waals surface area contributed by atoms with E-state index in [2.05, 4.69) is 15.8 Å². The number of amides is 4. The summed E-state index contributed by atoms with van der Waals surface area (Å²) in [5.41, 5.74) is 4.06. The Morgan fingerprint density at radius 1 is 0.923 bits per heavy atom. The molecule has 0 saturated heterocycles. The van der Waals surface area contributed by atoms with Crippen LogP contribution in [0.25, 0.3) is 0 Å². The normalized spacial score (nSPS) is 17.9. The molecular weight excluding hydrogens is 670 g/mol. The van der Waals surface area contributed by atoms with E-state index in [-0.39, 0.29) is 69.4 Å². The topological polar surface area (TPSA) is 170 Å². The Morgan fingerprint density at radius 3 is 2.63 bits per heavy atom. The van der Waals surface area contributed by atoms with E-state index >= 15 is 0 Å². The largest absolute Gasteiger partial charge is 0.494 e. The van der Waals surface area contributed by atoms with Gasteiger partial charge in [-0.3, -0.25) is 19.2 Å². The number of nitrogens with one attached hydrogen (secondary N) is 2. The van der Waals surface area contributed by atoms with Gasteiger partial charge in [0.05, 0.1) is 37.3 Å².